The lowest BCUT2D eigenvalue weighted by atomic mass is 9.99. The van der Waals surface area contributed by atoms with Gasteiger partial charge in [-0.2, -0.15) is 0 Å². The number of carbonyl (C=O) groups is 1. The highest BCUT2D eigenvalue weighted by Gasteiger charge is 2.16. The first-order valence-corrected chi connectivity index (χ1v) is 11.3. The first-order valence-electron chi connectivity index (χ1n) is 10.1. The number of ether oxygens (including phenoxy) is 1. The third-order valence-electron chi connectivity index (χ3n) is 5.20. The Labute approximate surface area is 194 Å². The van der Waals surface area contributed by atoms with Gasteiger partial charge in [-0.05, 0) is 35.2 Å². The van der Waals surface area contributed by atoms with E-state index in [1.54, 1.807) is 18.2 Å². The smallest absolute Gasteiger partial charge is 0.263 e. The number of thiophene rings is 1. The van der Waals surface area contributed by atoms with Crippen molar-refractivity contribution in [3.8, 4) is 16.9 Å². The van der Waals surface area contributed by atoms with Gasteiger partial charge < -0.3 is 10.1 Å². The van der Waals surface area contributed by atoms with E-state index in [9.17, 15) is 9.59 Å². The molecule has 0 saturated heterocycles. The number of halogens is 1. The van der Waals surface area contributed by atoms with Gasteiger partial charge in [-0.25, -0.2) is 4.98 Å². The second kappa shape index (κ2) is 9.14. The molecule has 2 aromatic heterocycles. The highest BCUT2D eigenvalue weighted by atomic mass is 35.5. The lowest BCUT2D eigenvalue weighted by Gasteiger charge is -2.11. The number of aromatic nitrogens is 2. The Bertz CT molecular complexity index is 1340. The molecule has 0 unspecified atom stereocenters. The molecule has 0 bridgehead atoms. The number of hydrogen-bond donors (Lipinski definition) is 1. The summed E-state index contributed by atoms with van der Waals surface area (Å²) in [5.74, 6) is 0.527. The molecule has 164 valence electrons. The monoisotopic (exact) mass is 467 g/mol. The third kappa shape index (κ3) is 4.40. The molecule has 32 heavy (non-hydrogen) atoms. The Morgan fingerprint density at radius 1 is 1.22 bits per heavy atom. The maximum atomic E-state index is 13.2. The van der Waals surface area contributed by atoms with Crippen molar-refractivity contribution in [1.82, 2.24) is 9.55 Å². The quantitative estimate of drug-likeness (QED) is 0.403. The van der Waals surface area contributed by atoms with E-state index < -0.39 is 0 Å². The summed E-state index contributed by atoms with van der Waals surface area (Å²) in [6, 6.07) is 13.1. The van der Waals surface area contributed by atoms with E-state index >= 15 is 0 Å². The number of nitrogens with zero attached hydrogens (tertiary/aromatic N) is 2. The molecule has 8 heteroatoms. The molecule has 4 rings (SSSR count). The zero-order chi connectivity index (χ0) is 22.8. The number of rotatable bonds is 6. The van der Waals surface area contributed by atoms with Gasteiger partial charge in [0.1, 0.15) is 17.1 Å². The van der Waals surface area contributed by atoms with E-state index in [4.69, 9.17) is 16.3 Å². The number of benzene rings is 2. The average Bonchev–Trinajstić information content (AvgIpc) is 3.21. The zero-order valence-electron chi connectivity index (χ0n) is 17.9. The third-order valence-corrected chi connectivity index (χ3v) is 6.32. The van der Waals surface area contributed by atoms with Crippen LogP contribution in [0.4, 0.5) is 5.69 Å². The zero-order valence-corrected chi connectivity index (χ0v) is 19.5. The van der Waals surface area contributed by atoms with Gasteiger partial charge in [0, 0.05) is 16.0 Å². The van der Waals surface area contributed by atoms with Crippen molar-refractivity contribution in [1.29, 1.82) is 0 Å². The van der Waals surface area contributed by atoms with E-state index in [0.29, 0.717) is 32.6 Å². The molecule has 2 heterocycles. The van der Waals surface area contributed by atoms with Crippen LogP contribution in [0.3, 0.4) is 0 Å². The molecular weight excluding hydrogens is 446 g/mol. The number of hydrogen-bond acceptors (Lipinski definition) is 5. The van der Waals surface area contributed by atoms with Crippen LogP contribution < -0.4 is 15.6 Å². The summed E-state index contributed by atoms with van der Waals surface area (Å²) in [6.07, 6.45) is 1.40. The van der Waals surface area contributed by atoms with E-state index in [-0.39, 0.29) is 18.0 Å². The van der Waals surface area contributed by atoms with Crippen LogP contribution in [-0.2, 0) is 11.3 Å². The largest absolute Gasteiger partial charge is 0.495 e. The summed E-state index contributed by atoms with van der Waals surface area (Å²) >= 11 is 7.44. The van der Waals surface area contributed by atoms with Gasteiger partial charge in [-0.1, -0.05) is 49.7 Å². The van der Waals surface area contributed by atoms with Crippen molar-refractivity contribution in [2.24, 2.45) is 0 Å². The van der Waals surface area contributed by atoms with Crippen molar-refractivity contribution in [3.63, 3.8) is 0 Å². The van der Waals surface area contributed by atoms with Crippen molar-refractivity contribution in [3.05, 3.63) is 75.1 Å². The normalized spacial score (nSPS) is 11.2. The number of amides is 1. The predicted octanol–water partition coefficient (Wildman–Crippen LogP) is 5.55. The second-order valence-electron chi connectivity index (χ2n) is 7.68. The highest BCUT2D eigenvalue weighted by Crippen LogP contribution is 2.31. The van der Waals surface area contributed by atoms with Gasteiger partial charge in [0.15, 0.2) is 0 Å². The summed E-state index contributed by atoms with van der Waals surface area (Å²) in [5, 5.41) is 5.67. The molecule has 0 atom stereocenters. The van der Waals surface area contributed by atoms with Gasteiger partial charge >= 0.3 is 0 Å². The molecule has 4 aromatic rings. The number of nitrogens with one attached hydrogen (secondary N) is 1. The van der Waals surface area contributed by atoms with Crippen LogP contribution in [0.15, 0.2) is 59.0 Å². The number of anilines is 1. The van der Waals surface area contributed by atoms with Gasteiger partial charge in [0.05, 0.1) is 24.5 Å². The maximum Gasteiger partial charge on any atom is 0.263 e. The number of fused-ring (bicyclic) bond motifs is 1. The molecule has 0 spiro atoms. The van der Waals surface area contributed by atoms with Crippen molar-refractivity contribution < 1.29 is 9.53 Å². The number of methoxy groups -OCH3 is 1. The molecule has 0 aliphatic carbocycles. The molecule has 1 amide bonds. The standard InChI is InChI=1S/C24H22ClN3O3S/c1-14(2)15-4-6-16(7-5-15)18-12-32-23-22(18)24(30)28(13-26-23)11-21(29)27-19-10-17(25)8-9-20(19)31-3/h4-10,12-14H,11H2,1-3H3,(H,27,29). The summed E-state index contributed by atoms with van der Waals surface area (Å²) in [6.45, 7) is 4.10. The molecule has 0 aliphatic rings. The van der Waals surface area contributed by atoms with E-state index in [1.807, 2.05) is 17.5 Å². The van der Waals surface area contributed by atoms with Crippen LogP contribution in [0.5, 0.6) is 5.75 Å². The topological polar surface area (TPSA) is 73.2 Å². The van der Waals surface area contributed by atoms with Gasteiger partial charge in [-0.3, -0.25) is 14.2 Å². The lowest BCUT2D eigenvalue weighted by Crippen LogP contribution is -2.28. The Morgan fingerprint density at radius 2 is 1.97 bits per heavy atom. The molecule has 0 fully saturated rings. The van der Waals surface area contributed by atoms with Crippen LogP contribution in [-0.4, -0.2) is 22.6 Å². The van der Waals surface area contributed by atoms with Crippen LogP contribution in [0.25, 0.3) is 21.3 Å². The van der Waals surface area contributed by atoms with Crippen LogP contribution >= 0.6 is 22.9 Å². The molecule has 0 saturated carbocycles. The fourth-order valence-electron chi connectivity index (χ4n) is 3.46. The van der Waals surface area contributed by atoms with Gasteiger partial charge in [-0.15, -0.1) is 11.3 Å². The minimum Gasteiger partial charge on any atom is -0.495 e. The van der Waals surface area contributed by atoms with Gasteiger partial charge in [0.25, 0.3) is 5.56 Å². The average molecular weight is 468 g/mol. The Hall–Kier alpha value is -3.16. The molecule has 6 nitrogen and oxygen atoms in total. The molecular formula is C24H22ClN3O3S. The first kappa shape index (κ1) is 22.0. The molecule has 1 N–H and O–H groups in total. The summed E-state index contributed by atoms with van der Waals surface area (Å²) in [5.41, 5.74) is 3.19. The first-order chi connectivity index (χ1) is 15.4. The fraction of sp³-hybridized carbons (Fsp3) is 0.208. The van der Waals surface area contributed by atoms with E-state index in [0.717, 1.165) is 11.1 Å². The SMILES string of the molecule is COc1ccc(Cl)cc1NC(=O)Cn1cnc2scc(-c3ccc(C(C)C)cc3)c2c1=O. The second-order valence-corrected chi connectivity index (χ2v) is 8.97. The lowest BCUT2D eigenvalue weighted by molar-refractivity contribution is -0.116. The Balaban J connectivity index is 1.64. The minimum absolute atomic E-state index is 0.182. The van der Waals surface area contributed by atoms with Crippen molar-refractivity contribution in [2.45, 2.75) is 26.3 Å². The minimum atomic E-state index is -0.383. The summed E-state index contributed by atoms with van der Waals surface area (Å²) < 4.78 is 6.57. The molecule has 0 radical (unpaired) electrons. The van der Waals surface area contributed by atoms with Crippen LogP contribution in [0.1, 0.15) is 25.3 Å². The maximum absolute atomic E-state index is 13.2. The molecule has 2 aromatic carbocycles. The summed E-state index contributed by atoms with van der Waals surface area (Å²) in [4.78, 5) is 30.9. The summed E-state index contributed by atoms with van der Waals surface area (Å²) in [7, 11) is 1.51. The van der Waals surface area contributed by atoms with E-state index in [1.165, 1.54) is 34.9 Å². The Kier molecular flexibility index (Phi) is 6.30. The van der Waals surface area contributed by atoms with E-state index in [2.05, 4.69) is 36.3 Å². The number of carbonyl (C=O) groups excluding carboxylic acids is 1. The Morgan fingerprint density at radius 3 is 2.66 bits per heavy atom. The van der Waals surface area contributed by atoms with Crippen molar-refractivity contribution in [2.75, 3.05) is 12.4 Å². The molecule has 0 aliphatic heterocycles. The fourth-order valence-corrected chi connectivity index (χ4v) is 4.54. The highest BCUT2D eigenvalue weighted by molar-refractivity contribution is 7.17. The predicted molar refractivity (Wildman–Crippen MR) is 130 cm³/mol. The van der Waals surface area contributed by atoms with Gasteiger partial charge in [0.2, 0.25) is 5.91 Å². The van der Waals surface area contributed by atoms with Crippen LogP contribution in [0, 0.1) is 0 Å². The van der Waals surface area contributed by atoms with Crippen molar-refractivity contribution >= 4 is 44.7 Å². The van der Waals surface area contributed by atoms with Crippen LogP contribution in [0.2, 0.25) is 5.02 Å².